The third-order valence-corrected chi connectivity index (χ3v) is 8.74. The molecule has 0 aliphatic rings. The van der Waals surface area contributed by atoms with Crippen LogP contribution in [-0.2, 0) is 26.2 Å². The average Bonchev–Trinajstić information content (AvgIpc) is 2.86. The summed E-state index contributed by atoms with van der Waals surface area (Å²) in [5.74, 6) is -0.812. The molecule has 0 bridgehead atoms. The summed E-state index contributed by atoms with van der Waals surface area (Å²) in [6.07, 6.45) is 0. The highest BCUT2D eigenvalue weighted by Gasteiger charge is 2.33. The van der Waals surface area contributed by atoms with Gasteiger partial charge in [0.15, 0.2) is 0 Å². The maximum absolute atomic E-state index is 14.1. The number of anilines is 1. The molecule has 0 saturated carbocycles. The molecule has 1 atom stereocenters. The van der Waals surface area contributed by atoms with Gasteiger partial charge in [-0.2, -0.15) is 0 Å². The highest BCUT2D eigenvalue weighted by atomic mass is 79.9. The minimum Gasteiger partial charge on any atom is -0.350 e. The predicted octanol–water partition coefficient (Wildman–Crippen LogP) is 5.90. The number of halogens is 1. The van der Waals surface area contributed by atoms with Crippen LogP contribution in [0.3, 0.4) is 0 Å². The number of nitrogens with one attached hydrogen (secondary N) is 1. The van der Waals surface area contributed by atoms with Gasteiger partial charge in [-0.3, -0.25) is 13.9 Å². The number of hydrogen-bond acceptors (Lipinski definition) is 4. The topological polar surface area (TPSA) is 86.8 Å². The summed E-state index contributed by atoms with van der Waals surface area (Å²) in [5, 5.41) is 2.94. The van der Waals surface area contributed by atoms with Crippen LogP contribution in [0.4, 0.5) is 5.69 Å². The number of sulfonamides is 1. The summed E-state index contributed by atoms with van der Waals surface area (Å²) in [7, 11) is -4.11. The van der Waals surface area contributed by atoms with Gasteiger partial charge in [0.25, 0.3) is 10.0 Å². The maximum atomic E-state index is 14.1. The molecule has 3 aromatic rings. The smallest absolute Gasteiger partial charge is 0.264 e. The predicted molar refractivity (Wildman–Crippen MR) is 164 cm³/mol. The third kappa shape index (κ3) is 7.95. The molecular weight excluding hydrogens is 590 g/mol. The summed E-state index contributed by atoms with van der Waals surface area (Å²) in [6, 6.07) is 18.6. The molecule has 0 aromatic heterocycles. The number of amides is 2. The molecule has 0 radical (unpaired) electrons. The zero-order chi connectivity index (χ0) is 29.8. The fourth-order valence-electron chi connectivity index (χ4n) is 4.28. The Morgan fingerprint density at radius 3 is 2.02 bits per heavy atom. The lowest BCUT2D eigenvalue weighted by Gasteiger charge is -2.34. The molecule has 1 N–H and O–H groups in total. The van der Waals surface area contributed by atoms with Gasteiger partial charge in [-0.25, -0.2) is 8.42 Å². The largest absolute Gasteiger partial charge is 0.350 e. The van der Waals surface area contributed by atoms with Crippen LogP contribution in [0, 0.1) is 20.8 Å². The van der Waals surface area contributed by atoms with E-state index in [2.05, 4.69) is 21.2 Å². The molecule has 7 nitrogen and oxygen atoms in total. The maximum Gasteiger partial charge on any atom is 0.264 e. The van der Waals surface area contributed by atoms with Gasteiger partial charge in [0, 0.05) is 16.6 Å². The summed E-state index contributed by atoms with van der Waals surface area (Å²) < 4.78 is 30.0. The summed E-state index contributed by atoms with van der Waals surface area (Å²) >= 11 is 3.43. The van der Waals surface area contributed by atoms with Crippen molar-refractivity contribution in [3.05, 3.63) is 93.5 Å². The Balaban J connectivity index is 2.07. The van der Waals surface area contributed by atoms with E-state index in [1.54, 1.807) is 37.3 Å². The van der Waals surface area contributed by atoms with Crippen molar-refractivity contribution in [3.63, 3.8) is 0 Å². The van der Waals surface area contributed by atoms with Crippen molar-refractivity contribution in [2.45, 2.75) is 71.5 Å². The minimum absolute atomic E-state index is 0.0869. The first-order valence-electron chi connectivity index (χ1n) is 13.1. The Kier molecular flexibility index (Phi) is 9.85. The lowest BCUT2D eigenvalue weighted by molar-refractivity contribution is -0.140. The Hall–Kier alpha value is -3.17. The molecule has 0 saturated heterocycles. The van der Waals surface area contributed by atoms with Crippen LogP contribution in [0.5, 0.6) is 0 Å². The van der Waals surface area contributed by atoms with E-state index in [1.165, 1.54) is 4.90 Å². The Labute approximate surface area is 246 Å². The summed E-state index contributed by atoms with van der Waals surface area (Å²) in [4.78, 5) is 28.8. The minimum atomic E-state index is -4.11. The molecule has 9 heteroatoms. The number of aryl methyl sites for hydroxylation is 3. The quantitative estimate of drug-likeness (QED) is 0.320. The fourth-order valence-corrected chi connectivity index (χ4v) is 6.02. The number of nitrogens with zero attached hydrogens (tertiary/aromatic N) is 2. The SMILES string of the molecule is Cc1ccc(S(=O)(=O)N(CC(=O)N(Cc2ccc(Br)cc2)C(C)C(=O)NC(C)(C)C)c2ccc(C)cc2C)cc1. The Morgan fingerprint density at radius 1 is 0.900 bits per heavy atom. The summed E-state index contributed by atoms with van der Waals surface area (Å²) in [6.45, 7) is 12.6. The zero-order valence-electron chi connectivity index (χ0n) is 24.2. The molecule has 214 valence electrons. The second-order valence-electron chi connectivity index (χ2n) is 11.2. The van der Waals surface area contributed by atoms with Gasteiger partial charge in [-0.1, -0.05) is 63.5 Å². The lowest BCUT2D eigenvalue weighted by atomic mass is 10.1. The molecule has 0 heterocycles. The van der Waals surface area contributed by atoms with E-state index in [0.29, 0.717) is 5.69 Å². The molecular formula is C31H38BrN3O4S. The van der Waals surface area contributed by atoms with E-state index in [4.69, 9.17) is 0 Å². The fraction of sp³-hybridized carbons (Fsp3) is 0.355. The van der Waals surface area contributed by atoms with Crippen molar-refractivity contribution >= 4 is 43.5 Å². The van der Waals surface area contributed by atoms with E-state index >= 15 is 0 Å². The van der Waals surface area contributed by atoms with E-state index in [1.807, 2.05) is 77.9 Å². The van der Waals surface area contributed by atoms with E-state index in [9.17, 15) is 18.0 Å². The van der Waals surface area contributed by atoms with E-state index in [-0.39, 0.29) is 17.3 Å². The number of rotatable bonds is 9. The summed E-state index contributed by atoms with van der Waals surface area (Å²) in [5.41, 5.74) is 3.34. The van der Waals surface area contributed by atoms with Gasteiger partial charge < -0.3 is 10.2 Å². The van der Waals surface area contributed by atoms with Crippen molar-refractivity contribution in [3.8, 4) is 0 Å². The average molecular weight is 629 g/mol. The van der Waals surface area contributed by atoms with Crippen LogP contribution in [-0.4, -0.2) is 43.3 Å². The van der Waals surface area contributed by atoms with Crippen LogP contribution < -0.4 is 9.62 Å². The highest BCUT2D eigenvalue weighted by molar-refractivity contribution is 9.10. The van der Waals surface area contributed by atoms with Crippen molar-refractivity contribution in [1.29, 1.82) is 0 Å². The van der Waals surface area contributed by atoms with E-state index < -0.39 is 34.1 Å². The lowest BCUT2D eigenvalue weighted by Crippen LogP contribution is -2.54. The monoisotopic (exact) mass is 627 g/mol. The number of carbonyl (C=O) groups excluding carboxylic acids is 2. The van der Waals surface area contributed by atoms with Crippen LogP contribution in [0.1, 0.15) is 49.9 Å². The molecule has 0 aliphatic carbocycles. The Morgan fingerprint density at radius 2 is 1.48 bits per heavy atom. The van der Waals surface area contributed by atoms with Gasteiger partial charge >= 0.3 is 0 Å². The molecule has 1 unspecified atom stereocenters. The van der Waals surface area contributed by atoms with Crippen molar-refractivity contribution < 1.29 is 18.0 Å². The van der Waals surface area contributed by atoms with Gasteiger partial charge in [0.2, 0.25) is 11.8 Å². The zero-order valence-corrected chi connectivity index (χ0v) is 26.6. The van der Waals surface area contributed by atoms with Gasteiger partial charge in [-0.05, 0) is 89.9 Å². The number of carbonyl (C=O) groups is 2. The van der Waals surface area contributed by atoms with Crippen LogP contribution >= 0.6 is 15.9 Å². The standard InChI is InChI=1S/C31H38BrN3O4S/c1-21-8-15-27(16-9-21)40(38,39)35(28-17-10-22(2)18-23(28)3)20-29(36)34(19-25-11-13-26(32)14-12-25)24(4)30(37)33-31(5,6)7/h8-18,24H,19-20H2,1-7H3,(H,33,37). The third-order valence-electron chi connectivity index (χ3n) is 6.44. The molecule has 3 rings (SSSR count). The molecule has 40 heavy (non-hydrogen) atoms. The second kappa shape index (κ2) is 12.6. The molecule has 3 aromatic carbocycles. The number of hydrogen-bond donors (Lipinski definition) is 1. The second-order valence-corrected chi connectivity index (χ2v) is 14.0. The van der Waals surface area contributed by atoms with Crippen LogP contribution in [0.25, 0.3) is 0 Å². The van der Waals surface area contributed by atoms with Crippen molar-refractivity contribution in [2.75, 3.05) is 10.8 Å². The normalized spacial score (nSPS) is 12.5. The first-order chi connectivity index (χ1) is 18.6. The van der Waals surface area contributed by atoms with Crippen LogP contribution in [0.15, 0.2) is 76.1 Å². The molecule has 2 amide bonds. The van der Waals surface area contributed by atoms with Crippen molar-refractivity contribution in [2.24, 2.45) is 0 Å². The van der Waals surface area contributed by atoms with E-state index in [0.717, 1.165) is 31.0 Å². The molecule has 0 aliphatic heterocycles. The van der Waals surface area contributed by atoms with Crippen LogP contribution in [0.2, 0.25) is 0 Å². The van der Waals surface area contributed by atoms with Gasteiger partial charge in [0.1, 0.15) is 12.6 Å². The van der Waals surface area contributed by atoms with Gasteiger partial charge in [0.05, 0.1) is 10.6 Å². The highest BCUT2D eigenvalue weighted by Crippen LogP contribution is 2.28. The number of benzene rings is 3. The first-order valence-corrected chi connectivity index (χ1v) is 15.3. The molecule has 0 spiro atoms. The van der Waals surface area contributed by atoms with Gasteiger partial charge in [-0.15, -0.1) is 0 Å². The van der Waals surface area contributed by atoms with Crippen molar-refractivity contribution in [1.82, 2.24) is 10.2 Å². The molecule has 0 fully saturated rings. The first kappa shape index (κ1) is 31.4. The Bertz CT molecular complexity index is 1460.